The Hall–Kier alpha value is -2.17. The Balaban J connectivity index is 0.00000210. The van der Waals surface area contributed by atoms with Crippen molar-refractivity contribution < 1.29 is 13.9 Å². The van der Waals surface area contributed by atoms with Crippen molar-refractivity contribution in [2.45, 2.75) is 25.3 Å². The van der Waals surface area contributed by atoms with Gasteiger partial charge in [-0.15, -0.1) is 12.4 Å². The quantitative estimate of drug-likeness (QED) is 0.598. The van der Waals surface area contributed by atoms with E-state index in [-0.39, 0.29) is 12.4 Å². The number of fused-ring (bicyclic) bond motifs is 1. The maximum atomic E-state index is 6.03. The van der Waals surface area contributed by atoms with E-state index in [1.165, 1.54) is 18.4 Å². The van der Waals surface area contributed by atoms with Crippen molar-refractivity contribution in [1.29, 1.82) is 0 Å². The Morgan fingerprint density at radius 3 is 2.67 bits per heavy atom. The smallest absolute Gasteiger partial charge is 0.134 e. The summed E-state index contributed by atoms with van der Waals surface area (Å²) in [6.45, 7) is 3.01. The second-order valence-corrected chi connectivity index (χ2v) is 6.97. The Morgan fingerprint density at radius 2 is 1.85 bits per heavy atom. The summed E-state index contributed by atoms with van der Waals surface area (Å²) in [7, 11) is 3.41. The van der Waals surface area contributed by atoms with E-state index in [1.807, 2.05) is 24.3 Å². The van der Waals surface area contributed by atoms with Crippen LogP contribution in [-0.4, -0.2) is 32.2 Å². The first-order valence-electron chi connectivity index (χ1n) is 9.18. The van der Waals surface area contributed by atoms with Crippen molar-refractivity contribution in [3.63, 3.8) is 0 Å². The zero-order valence-electron chi connectivity index (χ0n) is 15.8. The number of hydrogen-bond acceptors (Lipinski definition) is 4. The number of hydrogen-bond donors (Lipinski definition) is 0. The van der Waals surface area contributed by atoms with E-state index in [4.69, 9.17) is 13.9 Å². The first-order chi connectivity index (χ1) is 12.7. The Morgan fingerprint density at radius 1 is 1.04 bits per heavy atom. The molecular formula is C22H26ClNO3. The van der Waals surface area contributed by atoms with Crippen LogP contribution in [0.1, 0.15) is 30.1 Å². The van der Waals surface area contributed by atoms with E-state index in [2.05, 4.69) is 29.2 Å². The van der Waals surface area contributed by atoms with Crippen molar-refractivity contribution in [3.8, 4) is 11.5 Å². The van der Waals surface area contributed by atoms with Gasteiger partial charge in [0.25, 0.3) is 0 Å². The molecule has 3 aromatic rings. The first kappa shape index (κ1) is 19.6. The van der Waals surface area contributed by atoms with Gasteiger partial charge in [-0.2, -0.15) is 0 Å². The van der Waals surface area contributed by atoms with E-state index in [0.717, 1.165) is 47.9 Å². The van der Waals surface area contributed by atoms with E-state index in [0.29, 0.717) is 5.92 Å². The predicted molar refractivity (Wildman–Crippen MR) is 110 cm³/mol. The highest BCUT2D eigenvalue weighted by Gasteiger charge is 2.22. The average Bonchev–Trinajstić information content (AvgIpc) is 3.09. The number of likely N-dealkylation sites (tertiary alicyclic amines) is 1. The van der Waals surface area contributed by atoms with Crippen LogP contribution in [0.25, 0.3) is 11.0 Å². The topological polar surface area (TPSA) is 34.8 Å². The predicted octanol–water partition coefficient (Wildman–Crippen LogP) is 5.25. The van der Waals surface area contributed by atoms with Crippen LogP contribution in [-0.2, 0) is 6.54 Å². The number of ether oxygens (including phenoxy) is 2. The lowest BCUT2D eigenvalue weighted by Crippen LogP contribution is -2.33. The molecule has 27 heavy (non-hydrogen) atoms. The van der Waals surface area contributed by atoms with Crippen LogP contribution in [0, 0.1) is 0 Å². The molecule has 0 amide bonds. The van der Waals surface area contributed by atoms with Gasteiger partial charge in [0.05, 0.1) is 20.8 Å². The summed E-state index contributed by atoms with van der Waals surface area (Å²) in [4.78, 5) is 2.49. The average molecular weight is 388 g/mol. The third-order valence-electron chi connectivity index (χ3n) is 5.22. The SMILES string of the molecule is COc1cccc(C2CCCN(Cc3cc4cc(OC)ccc4o3)C2)c1.Cl. The van der Waals surface area contributed by atoms with Gasteiger partial charge in [0.1, 0.15) is 22.8 Å². The number of furan rings is 1. The largest absolute Gasteiger partial charge is 0.497 e. The minimum atomic E-state index is 0. The van der Waals surface area contributed by atoms with E-state index in [9.17, 15) is 0 Å². The van der Waals surface area contributed by atoms with Gasteiger partial charge in [0.15, 0.2) is 0 Å². The molecule has 1 aliphatic rings. The standard InChI is InChI=1S/C22H25NO3.ClH/c1-24-19-7-3-5-16(11-19)17-6-4-10-23(14-17)15-21-13-18-12-20(25-2)8-9-22(18)26-21;/h3,5,7-9,11-13,17H,4,6,10,14-15H2,1-2H3;1H. The molecule has 1 aliphatic heterocycles. The summed E-state index contributed by atoms with van der Waals surface area (Å²) in [6, 6.07) is 16.5. The van der Waals surface area contributed by atoms with Crippen LogP contribution >= 0.6 is 12.4 Å². The molecule has 1 unspecified atom stereocenters. The van der Waals surface area contributed by atoms with Crippen LogP contribution in [0.15, 0.2) is 52.9 Å². The molecule has 1 aromatic heterocycles. The lowest BCUT2D eigenvalue weighted by Gasteiger charge is -2.32. The summed E-state index contributed by atoms with van der Waals surface area (Å²) in [5, 5.41) is 1.10. The third-order valence-corrected chi connectivity index (χ3v) is 5.22. The summed E-state index contributed by atoms with van der Waals surface area (Å²) < 4.78 is 16.7. The van der Waals surface area contributed by atoms with Gasteiger partial charge in [0.2, 0.25) is 0 Å². The summed E-state index contributed by atoms with van der Waals surface area (Å²) in [5.41, 5.74) is 2.28. The number of halogens is 1. The van der Waals surface area contributed by atoms with Gasteiger partial charge in [0, 0.05) is 11.9 Å². The van der Waals surface area contributed by atoms with Crippen molar-refractivity contribution in [2.24, 2.45) is 0 Å². The van der Waals surface area contributed by atoms with Crippen LogP contribution in [0.2, 0.25) is 0 Å². The summed E-state index contributed by atoms with van der Waals surface area (Å²) >= 11 is 0. The second-order valence-electron chi connectivity index (χ2n) is 6.97. The van der Waals surface area contributed by atoms with Crippen molar-refractivity contribution in [2.75, 3.05) is 27.3 Å². The van der Waals surface area contributed by atoms with E-state index < -0.39 is 0 Å². The Kier molecular flexibility index (Phi) is 6.30. The fraction of sp³-hybridized carbons (Fsp3) is 0.364. The molecule has 0 radical (unpaired) electrons. The monoisotopic (exact) mass is 387 g/mol. The highest BCUT2D eigenvalue weighted by Crippen LogP contribution is 2.31. The fourth-order valence-electron chi connectivity index (χ4n) is 3.87. The molecule has 1 atom stereocenters. The van der Waals surface area contributed by atoms with Crippen LogP contribution < -0.4 is 9.47 Å². The molecule has 0 bridgehead atoms. The lowest BCUT2D eigenvalue weighted by molar-refractivity contribution is 0.188. The van der Waals surface area contributed by atoms with Crippen molar-refractivity contribution >= 4 is 23.4 Å². The molecule has 0 N–H and O–H groups in total. The minimum Gasteiger partial charge on any atom is -0.497 e. The van der Waals surface area contributed by atoms with E-state index >= 15 is 0 Å². The molecular weight excluding hydrogens is 362 g/mol. The molecule has 2 heterocycles. The zero-order chi connectivity index (χ0) is 17.9. The van der Waals surface area contributed by atoms with Gasteiger partial charge in [-0.1, -0.05) is 12.1 Å². The molecule has 0 aliphatic carbocycles. The molecule has 1 fully saturated rings. The van der Waals surface area contributed by atoms with Crippen LogP contribution in [0.4, 0.5) is 0 Å². The summed E-state index contributed by atoms with van der Waals surface area (Å²) in [6.07, 6.45) is 2.43. The number of nitrogens with zero attached hydrogens (tertiary/aromatic N) is 1. The number of piperidine rings is 1. The van der Waals surface area contributed by atoms with Crippen molar-refractivity contribution in [1.82, 2.24) is 4.90 Å². The van der Waals surface area contributed by atoms with Gasteiger partial charge in [-0.05, 0) is 67.3 Å². The normalized spacial score (nSPS) is 17.5. The van der Waals surface area contributed by atoms with Gasteiger partial charge in [-0.25, -0.2) is 0 Å². The summed E-state index contributed by atoms with van der Waals surface area (Å²) in [5.74, 6) is 3.36. The molecule has 144 valence electrons. The maximum absolute atomic E-state index is 6.03. The number of rotatable bonds is 5. The van der Waals surface area contributed by atoms with Crippen molar-refractivity contribution in [3.05, 3.63) is 59.9 Å². The highest BCUT2D eigenvalue weighted by atomic mass is 35.5. The fourth-order valence-corrected chi connectivity index (χ4v) is 3.87. The molecule has 1 saturated heterocycles. The Bertz CT molecular complexity index is 892. The molecule has 5 heteroatoms. The number of methoxy groups -OCH3 is 2. The molecule has 4 rings (SSSR count). The molecule has 4 nitrogen and oxygen atoms in total. The lowest BCUT2D eigenvalue weighted by atomic mass is 9.90. The van der Waals surface area contributed by atoms with Gasteiger partial charge in [-0.3, -0.25) is 4.90 Å². The van der Waals surface area contributed by atoms with Crippen LogP contribution in [0.5, 0.6) is 11.5 Å². The number of benzene rings is 2. The van der Waals surface area contributed by atoms with Gasteiger partial charge < -0.3 is 13.9 Å². The minimum absolute atomic E-state index is 0. The Labute approximate surface area is 166 Å². The van der Waals surface area contributed by atoms with Gasteiger partial charge >= 0.3 is 0 Å². The molecule has 2 aromatic carbocycles. The van der Waals surface area contributed by atoms with E-state index in [1.54, 1.807) is 14.2 Å². The highest BCUT2D eigenvalue weighted by molar-refractivity contribution is 5.85. The molecule has 0 spiro atoms. The third kappa shape index (κ3) is 4.40. The van der Waals surface area contributed by atoms with Crippen LogP contribution in [0.3, 0.4) is 0 Å². The maximum Gasteiger partial charge on any atom is 0.134 e. The molecule has 0 saturated carbocycles. The first-order valence-corrected chi connectivity index (χ1v) is 9.18. The second kappa shape index (κ2) is 8.68. The zero-order valence-corrected chi connectivity index (χ0v) is 16.6.